The molecule has 0 aromatic heterocycles. The maximum atomic E-state index is 13.7. The molecule has 2 heterocycles. The lowest BCUT2D eigenvalue weighted by atomic mass is 10.1. The molecule has 3 rings (SSSR count). The van der Waals surface area contributed by atoms with Crippen molar-refractivity contribution in [3.63, 3.8) is 0 Å². The minimum Gasteiger partial charge on any atom is -0.331 e. The molecule has 1 amide bonds. The van der Waals surface area contributed by atoms with Gasteiger partial charge < -0.3 is 10.2 Å². The van der Waals surface area contributed by atoms with Crippen LogP contribution in [-0.4, -0.2) is 64.4 Å². The van der Waals surface area contributed by atoms with Crippen LogP contribution in [0.15, 0.2) is 18.2 Å². The van der Waals surface area contributed by atoms with Gasteiger partial charge in [0.1, 0.15) is 6.17 Å². The second-order valence-electron chi connectivity index (χ2n) is 6.43. The van der Waals surface area contributed by atoms with Gasteiger partial charge in [0, 0.05) is 31.1 Å². The third-order valence-corrected chi connectivity index (χ3v) is 5.82. The predicted molar refractivity (Wildman–Crippen MR) is 90.6 cm³/mol. The molecular formula is C16H22FN3O3S. The van der Waals surface area contributed by atoms with E-state index < -0.39 is 16.2 Å². The Morgan fingerprint density at radius 1 is 1.42 bits per heavy atom. The van der Waals surface area contributed by atoms with E-state index in [1.165, 1.54) is 10.6 Å². The van der Waals surface area contributed by atoms with Gasteiger partial charge >= 0.3 is 0 Å². The number of anilines is 1. The maximum Gasteiger partial charge on any atom is 0.254 e. The van der Waals surface area contributed by atoms with Gasteiger partial charge in [-0.3, -0.25) is 9.10 Å². The van der Waals surface area contributed by atoms with Crippen molar-refractivity contribution in [2.45, 2.75) is 25.1 Å². The van der Waals surface area contributed by atoms with Gasteiger partial charge in [0.25, 0.3) is 5.91 Å². The smallest absolute Gasteiger partial charge is 0.254 e. The van der Waals surface area contributed by atoms with Crippen molar-refractivity contribution < 1.29 is 17.6 Å². The van der Waals surface area contributed by atoms with Crippen LogP contribution < -0.4 is 9.62 Å². The van der Waals surface area contributed by atoms with E-state index in [0.717, 1.165) is 5.56 Å². The van der Waals surface area contributed by atoms with Crippen LogP contribution in [0.5, 0.6) is 0 Å². The zero-order valence-corrected chi connectivity index (χ0v) is 14.6. The number of carbonyl (C=O) groups excluding carboxylic acids is 1. The lowest BCUT2D eigenvalue weighted by molar-refractivity contribution is 0.0729. The quantitative estimate of drug-likeness (QED) is 0.867. The second-order valence-corrected chi connectivity index (χ2v) is 8.34. The second kappa shape index (κ2) is 6.33. The molecule has 0 aliphatic carbocycles. The summed E-state index contributed by atoms with van der Waals surface area (Å²) in [5.74, 6) is -0.198. The Kier molecular flexibility index (Phi) is 4.52. The molecule has 0 radical (unpaired) electrons. The summed E-state index contributed by atoms with van der Waals surface area (Å²) in [7, 11) is -1.53. The molecule has 0 unspecified atom stereocenters. The topological polar surface area (TPSA) is 69.7 Å². The van der Waals surface area contributed by atoms with Crippen molar-refractivity contribution in [1.82, 2.24) is 10.2 Å². The number of nitrogens with zero attached hydrogens (tertiary/aromatic N) is 2. The van der Waals surface area contributed by atoms with Crippen LogP contribution >= 0.6 is 0 Å². The Labute approximate surface area is 141 Å². The van der Waals surface area contributed by atoms with Crippen LogP contribution in [0.1, 0.15) is 22.3 Å². The van der Waals surface area contributed by atoms with E-state index in [1.54, 1.807) is 30.1 Å². The van der Waals surface area contributed by atoms with Crippen LogP contribution in [0, 0.1) is 0 Å². The Hall–Kier alpha value is -1.67. The summed E-state index contributed by atoms with van der Waals surface area (Å²) < 4.78 is 38.6. The molecule has 6 nitrogen and oxygen atoms in total. The molecule has 2 aliphatic rings. The number of hydrogen-bond acceptors (Lipinski definition) is 4. The summed E-state index contributed by atoms with van der Waals surface area (Å²) in [6, 6.07) is 4.89. The highest BCUT2D eigenvalue weighted by atomic mass is 32.2. The van der Waals surface area contributed by atoms with Gasteiger partial charge in [-0.1, -0.05) is 0 Å². The number of likely N-dealkylation sites (N-methyl/N-ethyl adjacent to an activating group) is 1. The number of carbonyl (C=O) groups is 1. The molecule has 2 aliphatic heterocycles. The lowest BCUT2D eigenvalue weighted by Crippen LogP contribution is -2.41. The van der Waals surface area contributed by atoms with Gasteiger partial charge in [-0.25, -0.2) is 12.8 Å². The predicted octanol–water partition coefficient (Wildman–Crippen LogP) is 0.781. The van der Waals surface area contributed by atoms with Gasteiger partial charge in [0.05, 0.1) is 18.5 Å². The Morgan fingerprint density at radius 2 is 2.17 bits per heavy atom. The van der Waals surface area contributed by atoms with E-state index >= 15 is 0 Å². The van der Waals surface area contributed by atoms with E-state index in [1.807, 2.05) is 0 Å². The van der Waals surface area contributed by atoms with Crippen molar-refractivity contribution >= 4 is 21.6 Å². The van der Waals surface area contributed by atoms with Crippen LogP contribution in [0.25, 0.3) is 0 Å². The number of halogens is 1. The van der Waals surface area contributed by atoms with Crippen LogP contribution in [0.3, 0.4) is 0 Å². The lowest BCUT2D eigenvalue weighted by Gasteiger charge is -2.24. The van der Waals surface area contributed by atoms with Gasteiger partial charge in [0.15, 0.2) is 0 Å². The van der Waals surface area contributed by atoms with Gasteiger partial charge in [-0.05, 0) is 37.2 Å². The molecule has 2 atom stereocenters. The normalized spacial score (nSPS) is 23.6. The van der Waals surface area contributed by atoms with Crippen LogP contribution in [0.4, 0.5) is 10.1 Å². The number of alkyl halides is 1. The van der Waals surface area contributed by atoms with Crippen molar-refractivity contribution in [1.29, 1.82) is 0 Å². The first-order chi connectivity index (χ1) is 11.3. The SMILES string of the molecule is CNC[C@@H]1C[C@H](F)CN1C(=O)c1ccc2c(c1)CCN2S(C)(=O)=O. The van der Waals surface area contributed by atoms with E-state index in [4.69, 9.17) is 0 Å². The van der Waals surface area contributed by atoms with Gasteiger partial charge in [0.2, 0.25) is 10.0 Å². The first kappa shape index (κ1) is 17.2. The molecule has 1 saturated heterocycles. The summed E-state index contributed by atoms with van der Waals surface area (Å²) in [5, 5.41) is 3.00. The van der Waals surface area contributed by atoms with Crippen molar-refractivity contribution in [3.8, 4) is 0 Å². The molecule has 1 fully saturated rings. The molecule has 0 saturated carbocycles. The minimum absolute atomic E-state index is 0.109. The third-order valence-electron chi connectivity index (χ3n) is 4.64. The fraction of sp³-hybridized carbons (Fsp3) is 0.562. The number of nitrogens with one attached hydrogen (secondary N) is 1. The van der Waals surface area contributed by atoms with E-state index in [2.05, 4.69) is 5.32 Å². The first-order valence-electron chi connectivity index (χ1n) is 8.01. The number of likely N-dealkylation sites (tertiary alicyclic amines) is 1. The zero-order valence-electron chi connectivity index (χ0n) is 13.8. The number of rotatable bonds is 4. The molecule has 0 bridgehead atoms. The summed E-state index contributed by atoms with van der Waals surface area (Å²) in [6.45, 7) is 1.06. The standard InChI is InChI=1S/C16H22FN3O3S/c1-18-9-14-8-13(17)10-19(14)16(21)12-3-4-15-11(7-12)5-6-20(15)24(2,22)23/h3-4,7,13-14,18H,5-6,8-10H2,1-2H3/t13-,14-/m0/s1. The molecule has 1 N–H and O–H groups in total. The average Bonchev–Trinajstić information content (AvgIpc) is 3.09. The van der Waals surface area contributed by atoms with Gasteiger partial charge in [-0.2, -0.15) is 0 Å². The first-order valence-corrected chi connectivity index (χ1v) is 9.86. The Bertz CT molecular complexity index is 753. The monoisotopic (exact) mass is 355 g/mol. The highest BCUT2D eigenvalue weighted by Gasteiger charge is 2.36. The Balaban J connectivity index is 1.85. The summed E-state index contributed by atoms with van der Waals surface area (Å²) >= 11 is 0. The van der Waals surface area contributed by atoms with E-state index in [0.29, 0.717) is 37.2 Å². The molecule has 1 aromatic rings. The number of amides is 1. The van der Waals surface area contributed by atoms with Crippen LogP contribution in [0.2, 0.25) is 0 Å². The Morgan fingerprint density at radius 3 is 2.83 bits per heavy atom. The third kappa shape index (κ3) is 3.12. The molecule has 24 heavy (non-hydrogen) atoms. The molecule has 8 heteroatoms. The highest BCUT2D eigenvalue weighted by Crippen LogP contribution is 2.31. The van der Waals surface area contributed by atoms with Crippen molar-refractivity contribution in [2.24, 2.45) is 0 Å². The van der Waals surface area contributed by atoms with E-state index in [9.17, 15) is 17.6 Å². The van der Waals surface area contributed by atoms with Crippen LogP contribution in [-0.2, 0) is 16.4 Å². The highest BCUT2D eigenvalue weighted by molar-refractivity contribution is 7.92. The number of sulfonamides is 1. The van der Waals surface area contributed by atoms with E-state index in [-0.39, 0.29) is 18.5 Å². The number of hydrogen-bond donors (Lipinski definition) is 1. The van der Waals surface area contributed by atoms with Gasteiger partial charge in [-0.15, -0.1) is 0 Å². The average molecular weight is 355 g/mol. The largest absolute Gasteiger partial charge is 0.331 e. The summed E-state index contributed by atoms with van der Waals surface area (Å²) in [6.07, 6.45) is 1.10. The molecule has 132 valence electrons. The number of fused-ring (bicyclic) bond motifs is 1. The summed E-state index contributed by atoms with van der Waals surface area (Å²) in [5.41, 5.74) is 1.96. The fourth-order valence-electron chi connectivity index (χ4n) is 3.55. The minimum atomic E-state index is -3.31. The number of benzene rings is 1. The fourth-order valence-corrected chi connectivity index (χ4v) is 4.51. The molecule has 1 aromatic carbocycles. The molecular weight excluding hydrogens is 333 g/mol. The molecule has 0 spiro atoms. The van der Waals surface area contributed by atoms with Crippen molar-refractivity contribution in [2.75, 3.05) is 37.2 Å². The zero-order chi connectivity index (χ0) is 17.5. The summed E-state index contributed by atoms with van der Waals surface area (Å²) in [4.78, 5) is 14.3. The maximum absolute atomic E-state index is 13.7. The van der Waals surface area contributed by atoms with Crippen molar-refractivity contribution in [3.05, 3.63) is 29.3 Å².